The highest BCUT2D eigenvalue weighted by Crippen LogP contribution is 2.51. The number of β-lactam (4-membered cyclic amide) rings is 2. The highest BCUT2D eigenvalue weighted by atomic mass is 127. The maximum Gasteiger partial charge on any atom is 0.355 e. The van der Waals surface area contributed by atoms with Gasteiger partial charge in [-0.3, -0.25) is 19.4 Å². The van der Waals surface area contributed by atoms with Crippen molar-refractivity contribution in [2.75, 3.05) is 39.6 Å². The first-order valence-electron chi connectivity index (χ1n) is 25.7. The van der Waals surface area contributed by atoms with Crippen LogP contribution in [0.15, 0.2) is 147 Å². The molecule has 4 aliphatic rings. The van der Waals surface area contributed by atoms with Gasteiger partial charge in [0.05, 0.1) is 56.3 Å². The van der Waals surface area contributed by atoms with Crippen LogP contribution >= 0.6 is 67.8 Å². The number of aryl methyl sites for hydroxylation is 2. The molecule has 4 aromatic rings. The molecule has 0 spiro atoms. The van der Waals surface area contributed by atoms with Crippen LogP contribution in [0.3, 0.4) is 0 Å². The van der Waals surface area contributed by atoms with Crippen LogP contribution in [0.5, 0.6) is 11.5 Å². The van der Waals surface area contributed by atoms with Gasteiger partial charge >= 0.3 is 23.9 Å². The number of carbonyl (C=O) groups is 6. The average Bonchev–Trinajstić information content (AvgIpc) is 1.95. The summed E-state index contributed by atoms with van der Waals surface area (Å²) in [6.45, 7) is 22.2. The maximum absolute atomic E-state index is 13.3. The quantitative estimate of drug-likeness (QED) is 0.00711. The Morgan fingerprint density at radius 3 is 1.54 bits per heavy atom. The molecule has 432 valence electrons. The van der Waals surface area contributed by atoms with Gasteiger partial charge in [-0.2, -0.15) is 9.78 Å². The van der Waals surface area contributed by atoms with Crippen molar-refractivity contribution in [1.82, 2.24) is 23.9 Å². The van der Waals surface area contributed by atoms with Crippen LogP contribution in [-0.2, 0) is 82.9 Å². The number of rotatable bonds is 25. The summed E-state index contributed by atoms with van der Waals surface area (Å²) in [5.74, 6) is -5.25. The number of nitrogens with zero attached hydrogens (tertiary/aromatic N) is 6. The van der Waals surface area contributed by atoms with E-state index in [-0.39, 0.29) is 74.7 Å². The van der Waals surface area contributed by atoms with E-state index in [1.807, 2.05) is 98.4 Å². The van der Waals surface area contributed by atoms with Crippen LogP contribution in [0.2, 0.25) is 0 Å². The molecule has 81 heavy (non-hydrogen) atoms. The number of carbonyl (C=O) groups excluding carboxylic acids is 6. The number of hydrogen-bond donors (Lipinski definition) is 0. The molecule has 23 heteroatoms. The van der Waals surface area contributed by atoms with Crippen molar-refractivity contribution in [2.24, 2.45) is 49.6 Å². The van der Waals surface area contributed by atoms with E-state index in [9.17, 15) is 28.8 Å². The first kappa shape index (κ1) is 64.0. The topological polar surface area (TPSA) is 209 Å². The number of ether oxygens (including phenoxy) is 4. The van der Waals surface area contributed by atoms with E-state index in [1.165, 1.54) is 34.1 Å². The van der Waals surface area contributed by atoms with Gasteiger partial charge in [0.25, 0.3) is 0 Å². The molecule has 8 atom stereocenters. The van der Waals surface area contributed by atoms with Crippen molar-refractivity contribution in [1.29, 1.82) is 0 Å². The zero-order valence-corrected chi connectivity index (χ0v) is 52.3. The highest BCUT2D eigenvalue weighted by molar-refractivity contribution is 14.1. The Morgan fingerprint density at radius 1 is 0.704 bits per heavy atom. The molecule has 0 bridgehead atoms. The largest absolute Gasteiger partial charge is 0.488 e. The molecular weight excluding hydrogens is 1390 g/mol. The van der Waals surface area contributed by atoms with Gasteiger partial charge in [0.1, 0.15) is 81.5 Å². The number of imidazole rings is 2. The lowest BCUT2D eigenvalue weighted by Gasteiger charge is -2.47. The SMILES string of the molecule is C=CCOOC(=O)C(C)C1C(=O)N2C(C(=O)OCC=C)=C(COc3cc(CI)ccc3I)[C@H](C)C12.C=CCOOC(=O)C(C)C1C(=O)N2C(C(=O)OCC=C)=C(COc3cc(Cn4cc[n+](C)c4)ccc3I)[C@H](C)C12.Cn1ccnc1. The summed E-state index contributed by atoms with van der Waals surface area (Å²) in [6, 6.07) is 11.2. The fourth-order valence-corrected chi connectivity index (χ4v) is 11.2. The fraction of sp³-hybridized carbons (Fsp3) is 0.379. The third-order valence-electron chi connectivity index (χ3n) is 13.9. The zero-order chi connectivity index (χ0) is 59.1. The second-order valence-electron chi connectivity index (χ2n) is 19.3. The zero-order valence-electron chi connectivity index (χ0n) is 45.9. The van der Waals surface area contributed by atoms with Crippen LogP contribution < -0.4 is 14.0 Å². The normalized spacial score (nSPS) is 20.1. The summed E-state index contributed by atoms with van der Waals surface area (Å²) in [5.41, 5.74) is 3.79. The van der Waals surface area contributed by atoms with Crippen molar-refractivity contribution >= 4 is 103 Å². The van der Waals surface area contributed by atoms with Gasteiger partial charge in [0.2, 0.25) is 18.1 Å². The number of halogens is 3. The molecule has 2 aromatic heterocycles. The Labute approximate surface area is 512 Å². The van der Waals surface area contributed by atoms with Crippen LogP contribution in [0.25, 0.3) is 0 Å². The summed E-state index contributed by atoms with van der Waals surface area (Å²) in [4.78, 5) is 103. The van der Waals surface area contributed by atoms with Crippen molar-refractivity contribution in [3.8, 4) is 11.5 Å². The standard InChI is InChI=1S/C29H33IN3O7.C25H27I2NO7.C4H6N2/c1-6-12-37-29(36)26-21(16-38-23-14-20(8-9-22(23)30)15-32-11-10-31(5)17-32)18(3)25-24(27(34)33(25)26)19(4)28(35)40-39-13-7-2;1-5-9-32-25(31)22-17(13-33-19-11-16(12-26)7-8-18(19)27)14(3)21-20(23(29)28(21)22)15(4)24(30)35-34-10-6-2;1-6-3-2-5-4-6/h6-11,14,17-19,24-25H,1-2,12-13,15-16H2,3-5H3;5-8,11,14-15,20-21H,1-2,9-10,12-13H2,3-4H3;2-4H,1H3/q+1;;/t18-,19?,24?,25?;14-,15?,20?,21?;/m00./s1. The Hall–Kier alpha value is -6.17. The molecule has 2 amide bonds. The minimum Gasteiger partial charge on any atom is -0.488 e. The van der Waals surface area contributed by atoms with E-state index in [1.54, 1.807) is 26.4 Å². The van der Waals surface area contributed by atoms with Crippen LogP contribution in [0.1, 0.15) is 38.8 Å². The molecular formula is C58H66I3N6O14+. The van der Waals surface area contributed by atoms with Crippen LogP contribution in [0.4, 0.5) is 0 Å². The molecule has 8 rings (SSSR count). The Kier molecular flexibility index (Phi) is 23.9. The molecule has 20 nitrogen and oxygen atoms in total. The molecule has 0 aliphatic carbocycles. The number of amides is 2. The molecule has 2 saturated heterocycles. The summed E-state index contributed by atoms with van der Waals surface area (Å²) in [5, 5.41) is 0. The van der Waals surface area contributed by atoms with Gasteiger partial charge in [-0.05, 0) is 80.6 Å². The van der Waals surface area contributed by atoms with E-state index >= 15 is 0 Å². The van der Waals surface area contributed by atoms with Gasteiger partial charge in [-0.25, -0.2) is 33.3 Å². The third-order valence-corrected chi connectivity index (χ3v) is 16.5. The lowest BCUT2D eigenvalue weighted by Crippen LogP contribution is -2.63. The molecule has 2 aromatic carbocycles. The van der Waals surface area contributed by atoms with Crippen LogP contribution in [0, 0.1) is 42.6 Å². The van der Waals surface area contributed by atoms with Gasteiger partial charge in [0, 0.05) is 46.9 Å². The van der Waals surface area contributed by atoms with Crippen molar-refractivity contribution in [3.63, 3.8) is 0 Å². The van der Waals surface area contributed by atoms with E-state index in [4.69, 9.17) is 38.5 Å². The molecule has 0 saturated carbocycles. The van der Waals surface area contributed by atoms with E-state index < -0.39 is 59.6 Å². The van der Waals surface area contributed by atoms with E-state index in [0.29, 0.717) is 29.2 Å². The van der Waals surface area contributed by atoms with Gasteiger partial charge in [-0.15, -0.1) is 13.2 Å². The van der Waals surface area contributed by atoms with Crippen molar-refractivity contribution in [2.45, 2.75) is 50.8 Å². The van der Waals surface area contributed by atoms with E-state index in [2.05, 4.69) is 104 Å². The molecule has 2 fully saturated rings. The second-order valence-corrected chi connectivity index (χ2v) is 22.4. The molecule has 0 N–H and O–H groups in total. The number of esters is 2. The number of fused-ring (bicyclic) bond motifs is 2. The van der Waals surface area contributed by atoms with Gasteiger partial charge < -0.3 is 33.3 Å². The van der Waals surface area contributed by atoms with Gasteiger partial charge in [0.15, 0.2) is 0 Å². The smallest absolute Gasteiger partial charge is 0.355 e. The summed E-state index contributed by atoms with van der Waals surface area (Å²) in [6.07, 6.45) is 17.2. The average molecular weight is 1450 g/mol. The maximum atomic E-state index is 13.3. The Balaban J connectivity index is 0.000000237. The third kappa shape index (κ3) is 15.3. The predicted octanol–water partition coefficient (Wildman–Crippen LogP) is 7.88. The summed E-state index contributed by atoms with van der Waals surface area (Å²) < 4.78 is 31.6. The van der Waals surface area contributed by atoms with Crippen LogP contribution in [-0.4, -0.2) is 111 Å². The Morgan fingerprint density at radius 2 is 1.16 bits per heavy atom. The summed E-state index contributed by atoms with van der Waals surface area (Å²) in [7, 11) is 3.90. The second kappa shape index (κ2) is 30.2. The predicted molar refractivity (Wildman–Crippen MR) is 321 cm³/mol. The minimum atomic E-state index is -0.778. The highest BCUT2D eigenvalue weighted by Gasteiger charge is 2.63. The monoisotopic (exact) mass is 1450 g/mol. The fourth-order valence-electron chi connectivity index (χ4n) is 9.76. The molecule has 6 heterocycles. The van der Waals surface area contributed by atoms with Crippen molar-refractivity contribution in [3.05, 3.63) is 165 Å². The molecule has 0 radical (unpaired) electrons. The number of alkyl halides is 1. The molecule has 6 unspecified atom stereocenters. The summed E-state index contributed by atoms with van der Waals surface area (Å²) >= 11 is 6.69. The first-order valence-corrected chi connectivity index (χ1v) is 29.4. The number of benzene rings is 2. The van der Waals surface area contributed by atoms with E-state index in [0.717, 1.165) is 22.7 Å². The van der Waals surface area contributed by atoms with Gasteiger partial charge in [-0.1, -0.05) is 99.9 Å². The minimum absolute atomic E-state index is 0.00143. The first-order chi connectivity index (χ1) is 38.8. The Bertz CT molecular complexity index is 3050. The molecule has 4 aliphatic heterocycles. The lowest BCUT2D eigenvalue weighted by molar-refractivity contribution is -0.671. The van der Waals surface area contributed by atoms with Crippen molar-refractivity contribution < 1.29 is 71.8 Å². The number of hydrogen-bond acceptors (Lipinski definition) is 15. The number of aromatic nitrogens is 4. The lowest BCUT2D eigenvalue weighted by atomic mass is 9.74.